The lowest BCUT2D eigenvalue weighted by atomic mass is 10.0. The molecule has 23 heavy (non-hydrogen) atoms. The summed E-state index contributed by atoms with van der Waals surface area (Å²) in [5, 5.41) is 6.68. The van der Waals surface area contributed by atoms with Crippen molar-refractivity contribution < 1.29 is 9.47 Å². The quantitative estimate of drug-likeness (QED) is 0.198. The highest BCUT2D eigenvalue weighted by Crippen LogP contribution is 2.09. The molecule has 5 nitrogen and oxygen atoms in total. The zero-order chi connectivity index (χ0) is 16.6. The van der Waals surface area contributed by atoms with Crippen molar-refractivity contribution in [2.75, 3.05) is 39.5 Å². The second-order valence-electron chi connectivity index (χ2n) is 5.62. The molecular weight excluding hydrogens is 405 g/mol. The molecule has 0 spiro atoms. The van der Waals surface area contributed by atoms with Gasteiger partial charge in [-0.2, -0.15) is 0 Å². The molecule has 0 saturated carbocycles. The molecule has 2 N–H and O–H groups in total. The van der Waals surface area contributed by atoms with Crippen molar-refractivity contribution in [1.29, 1.82) is 0 Å². The topological polar surface area (TPSA) is 54.9 Å². The van der Waals surface area contributed by atoms with Gasteiger partial charge in [0.1, 0.15) is 0 Å². The first-order chi connectivity index (χ1) is 10.7. The van der Waals surface area contributed by atoms with Gasteiger partial charge in [-0.1, -0.05) is 13.8 Å². The Bertz CT molecular complexity index is 277. The van der Waals surface area contributed by atoms with Crippen molar-refractivity contribution in [3.8, 4) is 0 Å². The van der Waals surface area contributed by atoms with Gasteiger partial charge >= 0.3 is 0 Å². The first-order valence-electron chi connectivity index (χ1n) is 8.87. The first kappa shape index (κ1) is 25.2. The molecule has 0 aromatic rings. The number of ether oxygens (including phenoxy) is 2. The van der Waals surface area contributed by atoms with E-state index in [-0.39, 0.29) is 24.0 Å². The fraction of sp³-hybridized carbons (Fsp3) is 0.941. The maximum atomic E-state index is 5.77. The number of aliphatic imine (C=N–C) groups is 1. The van der Waals surface area contributed by atoms with Crippen LogP contribution >= 0.6 is 24.0 Å². The van der Waals surface area contributed by atoms with Crippen LogP contribution in [0.25, 0.3) is 0 Å². The summed E-state index contributed by atoms with van der Waals surface area (Å²) >= 11 is 0. The summed E-state index contributed by atoms with van der Waals surface area (Å²) < 4.78 is 11.1. The molecule has 0 aromatic heterocycles. The Labute approximate surface area is 160 Å². The zero-order valence-electron chi connectivity index (χ0n) is 15.7. The fourth-order valence-corrected chi connectivity index (χ4v) is 2.15. The third-order valence-corrected chi connectivity index (χ3v) is 3.36. The number of unbranched alkanes of at least 4 members (excludes halogenated alkanes) is 1. The highest BCUT2D eigenvalue weighted by Gasteiger charge is 2.12. The van der Waals surface area contributed by atoms with Crippen LogP contribution < -0.4 is 10.6 Å². The number of guanidine groups is 1. The van der Waals surface area contributed by atoms with Crippen LogP contribution in [-0.4, -0.2) is 51.5 Å². The van der Waals surface area contributed by atoms with Gasteiger partial charge in [-0.05, 0) is 46.0 Å². The summed E-state index contributed by atoms with van der Waals surface area (Å²) in [6, 6.07) is 0. The summed E-state index contributed by atoms with van der Waals surface area (Å²) in [6.07, 6.45) is 3.44. The summed E-state index contributed by atoms with van der Waals surface area (Å²) in [4.78, 5) is 4.60. The molecule has 0 aromatic carbocycles. The van der Waals surface area contributed by atoms with E-state index in [4.69, 9.17) is 9.47 Å². The van der Waals surface area contributed by atoms with Gasteiger partial charge in [0, 0.05) is 39.5 Å². The minimum absolute atomic E-state index is 0. The van der Waals surface area contributed by atoms with Gasteiger partial charge in [0.05, 0.1) is 6.10 Å². The molecule has 0 radical (unpaired) electrons. The molecule has 0 amide bonds. The van der Waals surface area contributed by atoms with Crippen molar-refractivity contribution in [2.24, 2.45) is 10.9 Å². The molecule has 0 heterocycles. The summed E-state index contributed by atoms with van der Waals surface area (Å²) in [7, 11) is 0. The molecular formula is C17H38IN3O2. The van der Waals surface area contributed by atoms with Crippen LogP contribution in [0, 0.1) is 5.92 Å². The second kappa shape index (κ2) is 18.3. The first-order valence-corrected chi connectivity index (χ1v) is 8.87. The lowest BCUT2D eigenvalue weighted by Gasteiger charge is -2.21. The predicted octanol–water partition coefficient (Wildman–Crippen LogP) is 3.43. The van der Waals surface area contributed by atoms with E-state index in [1.165, 1.54) is 0 Å². The number of nitrogens with one attached hydrogen (secondary N) is 2. The van der Waals surface area contributed by atoms with Crippen molar-refractivity contribution in [3.05, 3.63) is 0 Å². The minimum Gasteiger partial charge on any atom is -0.382 e. The van der Waals surface area contributed by atoms with Crippen molar-refractivity contribution >= 4 is 29.9 Å². The maximum Gasteiger partial charge on any atom is 0.191 e. The Morgan fingerprint density at radius 2 is 1.78 bits per heavy atom. The Kier molecular flexibility index (Phi) is 20.0. The molecule has 140 valence electrons. The molecule has 1 unspecified atom stereocenters. The predicted molar refractivity (Wildman–Crippen MR) is 110 cm³/mol. The van der Waals surface area contributed by atoms with Gasteiger partial charge in [-0.3, -0.25) is 4.99 Å². The monoisotopic (exact) mass is 443 g/mol. The van der Waals surface area contributed by atoms with Crippen LogP contribution in [0.15, 0.2) is 4.99 Å². The van der Waals surface area contributed by atoms with E-state index in [9.17, 15) is 0 Å². The molecule has 1 atom stereocenters. The molecule has 0 aliphatic carbocycles. The number of rotatable bonds is 13. The van der Waals surface area contributed by atoms with E-state index in [2.05, 4.69) is 43.3 Å². The average molecular weight is 443 g/mol. The van der Waals surface area contributed by atoms with Crippen LogP contribution in [0.2, 0.25) is 0 Å². The zero-order valence-corrected chi connectivity index (χ0v) is 18.0. The third kappa shape index (κ3) is 15.2. The van der Waals surface area contributed by atoms with E-state index in [0.717, 1.165) is 64.7 Å². The smallest absolute Gasteiger partial charge is 0.191 e. The average Bonchev–Trinajstić information content (AvgIpc) is 2.49. The summed E-state index contributed by atoms with van der Waals surface area (Å²) in [5.74, 6) is 1.44. The SMILES string of the molecule is CCNC(=NCCCCOCC)NCCC(OCC)C(C)C.I. The number of halogens is 1. The molecule has 0 bridgehead atoms. The van der Waals surface area contributed by atoms with Crippen molar-refractivity contribution in [1.82, 2.24) is 10.6 Å². The van der Waals surface area contributed by atoms with Crippen molar-refractivity contribution in [2.45, 2.75) is 60.0 Å². The number of hydrogen-bond acceptors (Lipinski definition) is 3. The summed E-state index contributed by atoms with van der Waals surface area (Å²) in [6.45, 7) is 15.6. The molecule has 0 fully saturated rings. The van der Waals surface area contributed by atoms with Crippen LogP contribution in [0.5, 0.6) is 0 Å². The molecule has 0 saturated heterocycles. The highest BCUT2D eigenvalue weighted by molar-refractivity contribution is 14.0. The normalized spacial score (nSPS) is 12.9. The van der Waals surface area contributed by atoms with Gasteiger partial charge in [-0.15, -0.1) is 24.0 Å². The minimum atomic E-state index is 0. The molecule has 0 rings (SSSR count). The van der Waals surface area contributed by atoms with E-state index >= 15 is 0 Å². The van der Waals surface area contributed by atoms with Crippen LogP contribution in [-0.2, 0) is 9.47 Å². The standard InChI is InChI=1S/C17H37N3O2.HI/c1-6-18-17(19-12-9-10-14-21-7-2)20-13-11-16(15(4)5)22-8-3;/h15-16H,6-14H2,1-5H3,(H2,18,19,20);1H. The van der Waals surface area contributed by atoms with Crippen LogP contribution in [0.1, 0.15) is 53.9 Å². The van der Waals surface area contributed by atoms with E-state index in [0.29, 0.717) is 12.0 Å². The van der Waals surface area contributed by atoms with Gasteiger partial charge in [0.25, 0.3) is 0 Å². The second-order valence-corrected chi connectivity index (χ2v) is 5.62. The Morgan fingerprint density at radius 3 is 2.35 bits per heavy atom. The maximum absolute atomic E-state index is 5.77. The van der Waals surface area contributed by atoms with Crippen molar-refractivity contribution in [3.63, 3.8) is 0 Å². The molecule has 6 heteroatoms. The lowest BCUT2D eigenvalue weighted by molar-refractivity contribution is 0.0258. The van der Waals surface area contributed by atoms with Gasteiger partial charge in [-0.25, -0.2) is 0 Å². The Morgan fingerprint density at radius 1 is 1.04 bits per heavy atom. The van der Waals surface area contributed by atoms with E-state index in [1.807, 2.05) is 6.92 Å². The van der Waals surface area contributed by atoms with E-state index < -0.39 is 0 Å². The molecule has 0 aliphatic heterocycles. The van der Waals surface area contributed by atoms with Crippen LogP contribution in [0.4, 0.5) is 0 Å². The number of nitrogens with zero attached hydrogens (tertiary/aromatic N) is 1. The lowest BCUT2D eigenvalue weighted by Crippen LogP contribution is -2.39. The largest absolute Gasteiger partial charge is 0.382 e. The Hall–Kier alpha value is -0.0800. The van der Waals surface area contributed by atoms with Crippen LogP contribution in [0.3, 0.4) is 0 Å². The third-order valence-electron chi connectivity index (χ3n) is 3.36. The highest BCUT2D eigenvalue weighted by atomic mass is 127. The van der Waals surface area contributed by atoms with Gasteiger partial charge in [0.15, 0.2) is 5.96 Å². The van der Waals surface area contributed by atoms with Gasteiger partial charge in [0.2, 0.25) is 0 Å². The molecule has 0 aliphatic rings. The van der Waals surface area contributed by atoms with E-state index in [1.54, 1.807) is 0 Å². The Balaban J connectivity index is 0. The van der Waals surface area contributed by atoms with Gasteiger partial charge < -0.3 is 20.1 Å². The number of hydrogen-bond donors (Lipinski definition) is 2. The summed E-state index contributed by atoms with van der Waals surface area (Å²) in [5.41, 5.74) is 0. The fourth-order valence-electron chi connectivity index (χ4n) is 2.15.